The fourth-order valence-electron chi connectivity index (χ4n) is 2.85. The second kappa shape index (κ2) is 6.56. The Balaban J connectivity index is 1.46. The Labute approximate surface area is 143 Å². The van der Waals surface area contributed by atoms with E-state index in [-0.39, 0.29) is 0 Å². The molecule has 0 aliphatic carbocycles. The van der Waals surface area contributed by atoms with E-state index in [1.54, 1.807) is 17.7 Å². The maximum Gasteiger partial charge on any atom is 0.233 e. The van der Waals surface area contributed by atoms with Crippen molar-refractivity contribution < 1.29 is 4.74 Å². The fourth-order valence-corrected chi connectivity index (χ4v) is 3.72. The maximum absolute atomic E-state index is 5.34. The molecule has 3 aromatic heterocycles. The first kappa shape index (κ1) is 15.1. The minimum atomic E-state index is 0.570. The van der Waals surface area contributed by atoms with Crippen LogP contribution in [0, 0.1) is 0 Å². The van der Waals surface area contributed by atoms with Gasteiger partial charge in [-0.25, -0.2) is 9.97 Å². The van der Waals surface area contributed by atoms with Crippen molar-refractivity contribution >= 4 is 33.2 Å². The lowest BCUT2D eigenvalue weighted by Gasteiger charge is -2.35. The van der Waals surface area contributed by atoms with E-state index in [4.69, 9.17) is 4.74 Å². The predicted molar refractivity (Wildman–Crippen MR) is 95.0 cm³/mol. The highest BCUT2D eigenvalue weighted by Crippen LogP contribution is 2.28. The summed E-state index contributed by atoms with van der Waals surface area (Å²) in [6.07, 6.45) is 1.65. The topological polar surface area (TPSA) is 67.3 Å². The first-order chi connectivity index (χ1) is 11.8. The SMILES string of the molecule is CCOc1ccc(N2CCN(c3ncnc4ccsc34)CC2)nn1. The number of hydrogen-bond acceptors (Lipinski definition) is 8. The summed E-state index contributed by atoms with van der Waals surface area (Å²) >= 11 is 1.69. The molecule has 1 saturated heterocycles. The summed E-state index contributed by atoms with van der Waals surface area (Å²) < 4.78 is 6.50. The van der Waals surface area contributed by atoms with Crippen LogP contribution in [-0.4, -0.2) is 53.0 Å². The molecule has 0 spiro atoms. The molecule has 0 saturated carbocycles. The van der Waals surface area contributed by atoms with Crippen LogP contribution in [0.5, 0.6) is 5.88 Å². The van der Waals surface area contributed by atoms with Gasteiger partial charge in [0, 0.05) is 32.2 Å². The van der Waals surface area contributed by atoms with Crippen LogP contribution in [0.3, 0.4) is 0 Å². The Kier molecular flexibility index (Phi) is 4.12. The van der Waals surface area contributed by atoms with Gasteiger partial charge in [0.25, 0.3) is 0 Å². The highest BCUT2D eigenvalue weighted by Gasteiger charge is 2.21. The second-order valence-electron chi connectivity index (χ2n) is 5.47. The van der Waals surface area contributed by atoms with Gasteiger partial charge in [-0.3, -0.25) is 0 Å². The number of thiophene rings is 1. The van der Waals surface area contributed by atoms with Gasteiger partial charge in [0.15, 0.2) is 5.82 Å². The first-order valence-corrected chi connectivity index (χ1v) is 8.88. The molecule has 0 amide bonds. The Hall–Kier alpha value is -2.48. The number of hydrogen-bond donors (Lipinski definition) is 0. The van der Waals surface area contributed by atoms with E-state index in [0.29, 0.717) is 12.5 Å². The Morgan fingerprint density at radius 2 is 1.88 bits per heavy atom. The van der Waals surface area contributed by atoms with Gasteiger partial charge in [0.1, 0.15) is 12.1 Å². The van der Waals surface area contributed by atoms with Crippen molar-refractivity contribution in [3.8, 4) is 5.88 Å². The van der Waals surface area contributed by atoms with Gasteiger partial charge >= 0.3 is 0 Å². The van der Waals surface area contributed by atoms with Crippen LogP contribution in [0.15, 0.2) is 29.9 Å². The van der Waals surface area contributed by atoms with Gasteiger partial charge in [0.2, 0.25) is 5.88 Å². The van der Waals surface area contributed by atoms with Crippen molar-refractivity contribution in [2.45, 2.75) is 6.92 Å². The number of piperazine rings is 1. The number of nitrogens with zero attached hydrogens (tertiary/aromatic N) is 6. The summed E-state index contributed by atoms with van der Waals surface area (Å²) in [6.45, 7) is 6.12. The third-order valence-electron chi connectivity index (χ3n) is 4.05. The largest absolute Gasteiger partial charge is 0.477 e. The Morgan fingerprint density at radius 1 is 1.04 bits per heavy atom. The van der Waals surface area contributed by atoms with Crippen LogP contribution in [-0.2, 0) is 0 Å². The number of rotatable bonds is 4. The quantitative estimate of drug-likeness (QED) is 0.720. The Morgan fingerprint density at radius 3 is 2.62 bits per heavy atom. The van der Waals surface area contributed by atoms with Crippen LogP contribution in [0.25, 0.3) is 10.2 Å². The molecule has 3 aromatic rings. The summed E-state index contributed by atoms with van der Waals surface area (Å²) in [7, 11) is 0. The van der Waals surface area contributed by atoms with Crippen molar-refractivity contribution in [2.24, 2.45) is 0 Å². The zero-order valence-corrected chi connectivity index (χ0v) is 14.2. The summed E-state index contributed by atoms with van der Waals surface area (Å²) in [4.78, 5) is 13.4. The molecule has 0 atom stereocenters. The lowest BCUT2D eigenvalue weighted by Crippen LogP contribution is -2.47. The van der Waals surface area contributed by atoms with Crippen molar-refractivity contribution in [1.82, 2.24) is 20.2 Å². The normalized spacial score (nSPS) is 15.0. The molecule has 4 rings (SSSR count). The van der Waals surface area contributed by atoms with Crippen molar-refractivity contribution in [3.63, 3.8) is 0 Å². The van der Waals surface area contributed by atoms with Gasteiger partial charge < -0.3 is 14.5 Å². The summed E-state index contributed by atoms with van der Waals surface area (Å²) in [5, 5.41) is 10.4. The van der Waals surface area contributed by atoms with Crippen LogP contribution < -0.4 is 14.5 Å². The van der Waals surface area contributed by atoms with E-state index in [1.807, 2.05) is 25.1 Å². The molecule has 4 heterocycles. The van der Waals surface area contributed by atoms with E-state index < -0.39 is 0 Å². The number of ether oxygens (including phenoxy) is 1. The molecule has 0 radical (unpaired) electrons. The van der Waals surface area contributed by atoms with Crippen LogP contribution in [0.2, 0.25) is 0 Å². The smallest absolute Gasteiger partial charge is 0.233 e. The van der Waals surface area contributed by atoms with Crippen LogP contribution in [0.1, 0.15) is 6.92 Å². The van der Waals surface area contributed by atoms with Crippen molar-refractivity contribution in [1.29, 1.82) is 0 Å². The van der Waals surface area contributed by atoms with E-state index in [0.717, 1.165) is 48.0 Å². The highest BCUT2D eigenvalue weighted by molar-refractivity contribution is 7.17. The third kappa shape index (κ3) is 2.84. The van der Waals surface area contributed by atoms with Crippen LogP contribution in [0.4, 0.5) is 11.6 Å². The minimum Gasteiger partial charge on any atom is -0.477 e. The second-order valence-corrected chi connectivity index (χ2v) is 6.39. The summed E-state index contributed by atoms with van der Waals surface area (Å²) in [5.74, 6) is 2.50. The average molecular weight is 342 g/mol. The molecule has 8 heteroatoms. The maximum atomic E-state index is 5.34. The molecule has 1 aliphatic rings. The van der Waals surface area contributed by atoms with E-state index in [1.165, 1.54) is 0 Å². The van der Waals surface area contributed by atoms with Gasteiger partial charge in [-0.2, -0.15) is 0 Å². The van der Waals surface area contributed by atoms with Crippen LogP contribution >= 0.6 is 11.3 Å². The molecule has 0 aromatic carbocycles. The molecular formula is C16H18N6OS. The lowest BCUT2D eigenvalue weighted by molar-refractivity contribution is 0.322. The molecule has 24 heavy (non-hydrogen) atoms. The zero-order chi connectivity index (χ0) is 16.4. The third-order valence-corrected chi connectivity index (χ3v) is 4.95. The first-order valence-electron chi connectivity index (χ1n) is 8.00. The predicted octanol–water partition coefficient (Wildman–Crippen LogP) is 2.21. The molecule has 0 bridgehead atoms. The monoisotopic (exact) mass is 342 g/mol. The Bertz CT molecular complexity index is 813. The molecule has 124 valence electrons. The summed E-state index contributed by atoms with van der Waals surface area (Å²) in [6, 6.07) is 5.88. The fraction of sp³-hybridized carbons (Fsp3) is 0.375. The standard InChI is InChI=1S/C16H18N6OS/c1-2-23-14-4-3-13(19-20-14)21-6-8-22(9-7-21)16-15-12(5-10-24-15)17-11-18-16/h3-5,10-11H,2,6-9H2,1H3. The summed E-state index contributed by atoms with van der Waals surface area (Å²) in [5.41, 5.74) is 1.02. The van der Waals surface area contributed by atoms with E-state index in [9.17, 15) is 0 Å². The lowest BCUT2D eigenvalue weighted by atomic mass is 10.3. The van der Waals surface area contributed by atoms with Gasteiger partial charge in [0.05, 0.1) is 16.8 Å². The molecule has 0 unspecified atom stereocenters. The zero-order valence-electron chi connectivity index (χ0n) is 13.4. The van der Waals surface area contributed by atoms with Gasteiger partial charge in [-0.15, -0.1) is 21.5 Å². The van der Waals surface area contributed by atoms with E-state index in [2.05, 4.69) is 35.3 Å². The van der Waals surface area contributed by atoms with Crippen molar-refractivity contribution in [3.05, 3.63) is 29.9 Å². The van der Waals surface area contributed by atoms with E-state index >= 15 is 0 Å². The molecular weight excluding hydrogens is 324 g/mol. The van der Waals surface area contributed by atoms with Gasteiger partial charge in [-0.1, -0.05) is 0 Å². The number of aromatic nitrogens is 4. The molecule has 1 aliphatic heterocycles. The van der Waals surface area contributed by atoms with Crippen molar-refractivity contribution in [2.75, 3.05) is 42.6 Å². The average Bonchev–Trinajstić information content (AvgIpc) is 3.12. The molecule has 1 fully saturated rings. The molecule has 0 N–H and O–H groups in total. The van der Waals surface area contributed by atoms with Gasteiger partial charge in [-0.05, 0) is 24.4 Å². The number of anilines is 2. The highest BCUT2D eigenvalue weighted by atomic mass is 32.1. The molecule has 7 nitrogen and oxygen atoms in total. The minimum absolute atomic E-state index is 0.570. The number of fused-ring (bicyclic) bond motifs is 1.